The van der Waals surface area contributed by atoms with Gasteiger partial charge in [0, 0.05) is 25.7 Å². The molecule has 0 radical (unpaired) electrons. The maximum Gasteiger partial charge on any atom is 0.204 e. The Kier molecular flexibility index (Phi) is 7.37. The van der Waals surface area contributed by atoms with Crippen molar-refractivity contribution in [3.8, 4) is 11.5 Å². The lowest BCUT2D eigenvalue weighted by atomic mass is 10.0. The van der Waals surface area contributed by atoms with E-state index in [0.717, 1.165) is 72.9 Å². The van der Waals surface area contributed by atoms with Crippen molar-refractivity contribution >= 4 is 17.0 Å². The van der Waals surface area contributed by atoms with Crippen molar-refractivity contribution in [3.63, 3.8) is 0 Å². The van der Waals surface area contributed by atoms with Gasteiger partial charge in [-0.25, -0.2) is 9.37 Å². The van der Waals surface area contributed by atoms with E-state index in [1.807, 2.05) is 42.5 Å². The fraction of sp³-hybridized carbons (Fsp3) is 0.345. The number of fused-ring (bicyclic) bond motifs is 1. The molecule has 0 bridgehead atoms. The summed E-state index contributed by atoms with van der Waals surface area (Å²) >= 11 is 0. The Morgan fingerprint density at radius 2 is 1.75 bits per heavy atom. The van der Waals surface area contributed by atoms with E-state index in [-0.39, 0.29) is 5.82 Å². The summed E-state index contributed by atoms with van der Waals surface area (Å²) in [5, 5.41) is 3.71. The number of anilines is 1. The van der Waals surface area contributed by atoms with E-state index in [9.17, 15) is 4.39 Å². The van der Waals surface area contributed by atoms with Gasteiger partial charge in [0.25, 0.3) is 0 Å². The minimum Gasteiger partial charge on any atom is -0.497 e. The number of methoxy groups -OCH3 is 2. The van der Waals surface area contributed by atoms with Crippen LogP contribution in [0.4, 0.5) is 10.3 Å². The number of halogens is 1. The Hall–Kier alpha value is -3.58. The molecule has 0 amide bonds. The molecule has 2 heterocycles. The lowest BCUT2D eigenvalue weighted by Crippen LogP contribution is -2.40. The smallest absolute Gasteiger partial charge is 0.204 e. The van der Waals surface area contributed by atoms with Crippen molar-refractivity contribution in [1.82, 2.24) is 14.5 Å². The molecule has 1 N–H and O–H groups in total. The fourth-order valence-electron chi connectivity index (χ4n) is 4.96. The first-order valence-electron chi connectivity index (χ1n) is 12.5. The number of hydrogen-bond donors (Lipinski definition) is 1. The van der Waals surface area contributed by atoms with Gasteiger partial charge in [-0.05, 0) is 72.9 Å². The van der Waals surface area contributed by atoms with Gasteiger partial charge in [-0.1, -0.05) is 24.3 Å². The number of nitrogens with zero attached hydrogens (tertiary/aromatic N) is 3. The normalized spacial score (nSPS) is 14.8. The lowest BCUT2D eigenvalue weighted by molar-refractivity contribution is 0.220. The van der Waals surface area contributed by atoms with Gasteiger partial charge >= 0.3 is 0 Å². The van der Waals surface area contributed by atoms with E-state index >= 15 is 0 Å². The lowest BCUT2D eigenvalue weighted by Gasteiger charge is -2.32. The summed E-state index contributed by atoms with van der Waals surface area (Å²) in [4.78, 5) is 7.40. The van der Waals surface area contributed by atoms with Crippen LogP contribution in [0.15, 0.2) is 66.7 Å². The minimum absolute atomic E-state index is 0.218. The third-order valence-electron chi connectivity index (χ3n) is 7.01. The fourth-order valence-corrected chi connectivity index (χ4v) is 4.96. The summed E-state index contributed by atoms with van der Waals surface area (Å²) in [5.41, 5.74) is 4.26. The molecule has 36 heavy (non-hydrogen) atoms. The zero-order valence-electron chi connectivity index (χ0n) is 20.9. The number of hydrogen-bond acceptors (Lipinski definition) is 5. The number of piperidine rings is 1. The van der Waals surface area contributed by atoms with E-state index in [1.165, 1.54) is 17.7 Å². The molecule has 1 aromatic heterocycles. The molecule has 5 rings (SSSR count). The quantitative estimate of drug-likeness (QED) is 0.344. The number of benzene rings is 3. The first-order chi connectivity index (χ1) is 17.6. The molecule has 0 atom stereocenters. The summed E-state index contributed by atoms with van der Waals surface area (Å²) in [6, 6.07) is 21.2. The molecule has 3 aromatic carbocycles. The second-order valence-corrected chi connectivity index (χ2v) is 9.32. The summed E-state index contributed by atoms with van der Waals surface area (Å²) in [6.45, 7) is 3.69. The molecule has 0 unspecified atom stereocenters. The zero-order chi connectivity index (χ0) is 24.9. The third kappa shape index (κ3) is 5.46. The molecule has 1 saturated heterocycles. The molecule has 7 heteroatoms. The van der Waals surface area contributed by atoms with Crippen molar-refractivity contribution in [3.05, 3.63) is 83.7 Å². The Balaban J connectivity index is 1.22. The van der Waals surface area contributed by atoms with Crippen molar-refractivity contribution in [2.75, 3.05) is 39.2 Å². The van der Waals surface area contributed by atoms with Gasteiger partial charge in [-0.3, -0.25) is 0 Å². The van der Waals surface area contributed by atoms with Crippen molar-refractivity contribution in [2.24, 2.45) is 0 Å². The molecule has 0 aliphatic carbocycles. The molecule has 1 aliphatic heterocycles. The standard InChI is InChI=1S/C29H33FN4O2/c1-35-25-11-12-28(36-2)22(19-25)13-16-33-17-14-24(15-18-33)31-29-32-26-5-3-4-6-27(26)34(29)20-21-7-9-23(30)10-8-21/h3-12,19,24H,13-18,20H2,1-2H3,(H,31,32). The number of ether oxygens (including phenoxy) is 2. The van der Waals surface area contributed by atoms with Crippen LogP contribution >= 0.6 is 0 Å². The molecular formula is C29H33FN4O2. The zero-order valence-corrected chi connectivity index (χ0v) is 20.9. The minimum atomic E-state index is -0.218. The highest BCUT2D eigenvalue weighted by Gasteiger charge is 2.22. The summed E-state index contributed by atoms with van der Waals surface area (Å²) in [5.74, 6) is 2.42. The van der Waals surface area contributed by atoms with E-state index < -0.39 is 0 Å². The highest BCUT2D eigenvalue weighted by molar-refractivity contribution is 5.78. The molecule has 188 valence electrons. The second kappa shape index (κ2) is 11.0. The van der Waals surface area contributed by atoms with Gasteiger partial charge in [0.15, 0.2) is 0 Å². The van der Waals surface area contributed by atoms with Gasteiger partial charge in [0.2, 0.25) is 5.95 Å². The van der Waals surface area contributed by atoms with Crippen LogP contribution < -0.4 is 14.8 Å². The summed E-state index contributed by atoms with van der Waals surface area (Å²) < 4.78 is 26.5. The van der Waals surface area contributed by atoms with Crippen molar-refractivity contribution in [2.45, 2.75) is 31.8 Å². The molecule has 4 aromatic rings. The monoisotopic (exact) mass is 488 g/mol. The van der Waals surface area contributed by atoms with Gasteiger partial charge in [-0.15, -0.1) is 0 Å². The van der Waals surface area contributed by atoms with Crippen LogP contribution in [0, 0.1) is 5.82 Å². The van der Waals surface area contributed by atoms with Crippen LogP contribution in [0.3, 0.4) is 0 Å². The maximum absolute atomic E-state index is 13.4. The van der Waals surface area contributed by atoms with Crippen LogP contribution in [0.25, 0.3) is 11.0 Å². The molecule has 6 nitrogen and oxygen atoms in total. The molecule has 0 saturated carbocycles. The number of imidazole rings is 1. The van der Waals surface area contributed by atoms with E-state index in [1.54, 1.807) is 14.2 Å². The van der Waals surface area contributed by atoms with Crippen LogP contribution in [-0.4, -0.2) is 54.3 Å². The average Bonchev–Trinajstić information content (AvgIpc) is 3.26. The first-order valence-corrected chi connectivity index (χ1v) is 12.5. The van der Waals surface area contributed by atoms with Crippen LogP contribution in [0.5, 0.6) is 11.5 Å². The largest absolute Gasteiger partial charge is 0.497 e. The molecule has 1 fully saturated rings. The van der Waals surface area contributed by atoms with Crippen molar-refractivity contribution in [1.29, 1.82) is 0 Å². The van der Waals surface area contributed by atoms with Gasteiger partial charge in [0.05, 0.1) is 31.8 Å². The Bertz CT molecular complexity index is 1300. The van der Waals surface area contributed by atoms with Crippen LogP contribution in [-0.2, 0) is 13.0 Å². The molecule has 1 aliphatic rings. The van der Waals surface area contributed by atoms with Crippen LogP contribution in [0.2, 0.25) is 0 Å². The number of aromatic nitrogens is 2. The van der Waals surface area contributed by atoms with E-state index in [2.05, 4.69) is 26.9 Å². The number of nitrogens with one attached hydrogen (secondary N) is 1. The van der Waals surface area contributed by atoms with E-state index in [4.69, 9.17) is 14.5 Å². The Labute approximate surface area is 211 Å². The molecule has 0 spiro atoms. The summed E-state index contributed by atoms with van der Waals surface area (Å²) in [6.07, 6.45) is 3.02. The number of para-hydroxylation sites is 2. The Morgan fingerprint density at radius 3 is 2.50 bits per heavy atom. The Morgan fingerprint density at radius 1 is 0.972 bits per heavy atom. The van der Waals surface area contributed by atoms with Crippen LogP contribution in [0.1, 0.15) is 24.0 Å². The average molecular weight is 489 g/mol. The predicted octanol–water partition coefficient (Wildman–Crippen LogP) is 5.36. The van der Waals surface area contributed by atoms with E-state index in [0.29, 0.717) is 12.6 Å². The van der Waals surface area contributed by atoms with Gasteiger partial charge in [-0.2, -0.15) is 0 Å². The third-order valence-corrected chi connectivity index (χ3v) is 7.01. The number of likely N-dealkylation sites (tertiary alicyclic amines) is 1. The van der Waals surface area contributed by atoms with Crippen molar-refractivity contribution < 1.29 is 13.9 Å². The van der Waals surface area contributed by atoms with Gasteiger partial charge in [0.1, 0.15) is 17.3 Å². The number of rotatable bonds is 9. The first kappa shape index (κ1) is 24.1. The highest BCUT2D eigenvalue weighted by Crippen LogP contribution is 2.26. The molecular weight excluding hydrogens is 455 g/mol. The highest BCUT2D eigenvalue weighted by atomic mass is 19.1. The second-order valence-electron chi connectivity index (χ2n) is 9.32. The SMILES string of the molecule is COc1ccc(OC)c(CCN2CCC(Nc3nc4ccccc4n3Cc3ccc(F)cc3)CC2)c1. The maximum atomic E-state index is 13.4. The summed E-state index contributed by atoms with van der Waals surface area (Å²) in [7, 11) is 3.41. The topological polar surface area (TPSA) is 51.6 Å². The van der Waals surface area contributed by atoms with Gasteiger partial charge < -0.3 is 24.3 Å². The predicted molar refractivity (Wildman–Crippen MR) is 142 cm³/mol.